The number of nitrogens with zero attached hydrogens (tertiary/aromatic N) is 2. The molecule has 0 aliphatic carbocycles. The van der Waals surface area contributed by atoms with Gasteiger partial charge in [-0.05, 0) is 19.1 Å². The molecule has 0 amide bonds. The lowest BCUT2D eigenvalue weighted by molar-refractivity contribution is 0.183. The highest BCUT2D eigenvalue weighted by atomic mass is 19.1. The third kappa shape index (κ3) is 3.31. The van der Waals surface area contributed by atoms with Crippen LogP contribution in [0.1, 0.15) is 12.5 Å². The molecule has 0 bridgehead atoms. The molecule has 0 saturated carbocycles. The van der Waals surface area contributed by atoms with Crippen molar-refractivity contribution in [2.75, 3.05) is 25.7 Å². The van der Waals surface area contributed by atoms with Gasteiger partial charge in [0.1, 0.15) is 17.3 Å². The van der Waals surface area contributed by atoms with E-state index in [1.165, 1.54) is 12.0 Å². The molecule has 0 spiro atoms. The summed E-state index contributed by atoms with van der Waals surface area (Å²) in [6.45, 7) is 2.11. The number of rotatable bonds is 5. The molecular weight excluding hydrogens is 256 g/mol. The predicted octanol–water partition coefficient (Wildman–Crippen LogP) is 1.53. The lowest BCUT2D eigenvalue weighted by Gasteiger charge is -2.27. The van der Waals surface area contributed by atoms with Gasteiger partial charge in [-0.2, -0.15) is 0 Å². The Morgan fingerprint density at radius 3 is 2.42 bits per heavy atom. The highest BCUT2D eigenvalue weighted by Gasteiger charge is 2.20. The van der Waals surface area contributed by atoms with Gasteiger partial charge in [0.25, 0.3) is 0 Å². The van der Waals surface area contributed by atoms with Crippen LogP contribution in [0.5, 0.6) is 0 Å². The van der Waals surface area contributed by atoms with Crippen molar-refractivity contribution in [3.63, 3.8) is 0 Å². The molecule has 0 heterocycles. The van der Waals surface area contributed by atoms with E-state index in [-0.39, 0.29) is 23.1 Å². The molecule has 1 atom stereocenters. The van der Waals surface area contributed by atoms with Crippen molar-refractivity contribution in [3.8, 4) is 0 Å². The number of methoxy groups -OCH3 is 1. The van der Waals surface area contributed by atoms with E-state index in [1.54, 1.807) is 14.0 Å². The van der Waals surface area contributed by atoms with Crippen molar-refractivity contribution in [2.45, 2.75) is 13.0 Å². The minimum absolute atomic E-state index is 0.0194. The zero-order valence-electron chi connectivity index (χ0n) is 11.0. The van der Waals surface area contributed by atoms with E-state index in [4.69, 9.17) is 15.7 Å². The number of hydrogen-bond donors (Lipinski definition) is 2. The smallest absolute Gasteiger partial charge is 0.170 e. The summed E-state index contributed by atoms with van der Waals surface area (Å²) in [5.74, 6) is -1.92. The molecule has 19 heavy (non-hydrogen) atoms. The summed E-state index contributed by atoms with van der Waals surface area (Å²) in [7, 11) is 3.08. The third-order valence-corrected chi connectivity index (χ3v) is 2.84. The summed E-state index contributed by atoms with van der Waals surface area (Å²) >= 11 is 0. The number of nitrogens with two attached hydrogens (primary N) is 1. The zero-order chi connectivity index (χ0) is 14.6. The van der Waals surface area contributed by atoms with Gasteiger partial charge < -0.3 is 20.6 Å². The van der Waals surface area contributed by atoms with Crippen LogP contribution in [0.3, 0.4) is 0 Å². The topological polar surface area (TPSA) is 71.1 Å². The van der Waals surface area contributed by atoms with Crippen LogP contribution < -0.4 is 10.6 Å². The van der Waals surface area contributed by atoms with E-state index in [9.17, 15) is 8.78 Å². The first kappa shape index (κ1) is 15.2. The molecule has 3 N–H and O–H groups in total. The van der Waals surface area contributed by atoms with E-state index in [2.05, 4.69) is 5.16 Å². The van der Waals surface area contributed by atoms with E-state index >= 15 is 0 Å². The van der Waals surface area contributed by atoms with Crippen LogP contribution in [0.2, 0.25) is 0 Å². The Labute approximate surface area is 110 Å². The molecule has 7 heteroatoms. The van der Waals surface area contributed by atoms with E-state index < -0.39 is 11.6 Å². The van der Waals surface area contributed by atoms with Gasteiger partial charge in [-0.15, -0.1) is 0 Å². The van der Waals surface area contributed by atoms with Crippen LogP contribution >= 0.6 is 0 Å². The molecule has 0 aliphatic heterocycles. The standard InChI is InChI=1S/C12H17F2N3O2/c1-7(6-19-3)17(2)11-9(13)4-8(5-10(11)14)12(15)16-18/h4-5,7,18H,6H2,1-3H3,(H2,15,16). The molecular formula is C12H17F2N3O2. The predicted molar refractivity (Wildman–Crippen MR) is 68.6 cm³/mol. The first-order valence-electron chi connectivity index (χ1n) is 5.61. The monoisotopic (exact) mass is 273 g/mol. The Morgan fingerprint density at radius 1 is 1.47 bits per heavy atom. The van der Waals surface area contributed by atoms with Gasteiger partial charge in [-0.25, -0.2) is 8.78 Å². The Kier molecular flexibility index (Phi) is 5.05. The van der Waals surface area contributed by atoms with Gasteiger partial charge in [0.2, 0.25) is 0 Å². The first-order chi connectivity index (χ1) is 8.92. The van der Waals surface area contributed by atoms with Crippen molar-refractivity contribution < 1.29 is 18.7 Å². The maximum absolute atomic E-state index is 13.9. The molecule has 1 aromatic carbocycles. The minimum Gasteiger partial charge on any atom is -0.409 e. The largest absolute Gasteiger partial charge is 0.409 e. The molecule has 0 saturated heterocycles. The summed E-state index contributed by atoms with van der Waals surface area (Å²) < 4.78 is 32.8. The number of amidine groups is 1. The summed E-state index contributed by atoms with van der Waals surface area (Å²) in [5.41, 5.74) is 5.10. The number of likely N-dealkylation sites (N-methyl/N-ethyl adjacent to an activating group) is 1. The van der Waals surface area contributed by atoms with Crippen LogP contribution in [0.4, 0.5) is 14.5 Å². The molecule has 1 unspecified atom stereocenters. The lowest BCUT2D eigenvalue weighted by Crippen LogP contribution is -2.34. The summed E-state index contributed by atoms with van der Waals surface area (Å²) in [5, 5.41) is 11.2. The Morgan fingerprint density at radius 2 is 2.00 bits per heavy atom. The van der Waals surface area contributed by atoms with Crippen LogP contribution in [0.15, 0.2) is 17.3 Å². The number of hydrogen-bond acceptors (Lipinski definition) is 4. The Balaban J connectivity index is 3.17. The fourth-order valence-electron chi connectivity index (χ4n) is 1.68. The summed E-state index contributed by atoms with van der Waals surface area (Å²) in [6, 6.07) is 1.83. The maximum Gasteiger partial charge on any atom is 0.170 e. The quantitative estimate of drug-likeness (QED) is 0.369. The van der Waals surface area contributed by atoms with Crippen molar-refractivity contribution in [1.29, 1.82) is 0 Å². The van der Waals surface area contributed by atoms with E-state index in [1.807, 2.05) is 0 Å². The van der Waals surface area contributed by atoms with E-state index in [0.29, 0.717) is 6.61 Å². The highest BCUT2D eigenvalue weighted by Crippen LogP contribution is 2.25. The van der Waals surface area contributed by atoms with Gasteiger partial charge >= 0.3 is 0 Å². The number of halogens is 2. The van der Waals surface area contributed by atoms with Crippen LogP contribution in [-0.4, -0.2) is 37.8 Å². The average molecular weight is 273 g/mol. The van der Waals surface area contributed by atoms with Gasteiger partial charge in [0.15, 0.2) is 5.84 Å². The van der Waals surface area contributed by atoms with E-state index in [0.717, 1.165) is 12.1 Å². The highest BCUT2D eigenvalue weighted by molar-refractivity contribution is 5.97. The fourth-order valence-corrected chi connectivity index (χ4v) is 1.68. The zero-order valence-corrected chi connectivity index (χ0v) is 11.0. The molecule has 1 aromatic rings. The Bertz CT molecular complexity index is 457. The van der Waals surface area contributed by atoms with Gasteiger partial charge in [0, 0.05) is 25.8 Å². The van der Waals surface area contributed by atoms with Crippen LogP contribution in [0, 0.1) is 11.6 Å². The molecule has 0 aromatic heterocycles. The molecule has 0 radical (unpaired) electrons. The number of anilines is 1. The first-order valence-corrected chi connectivity index (χ1v) is 5.61. The van der Waals surface area contributed by atoms with Gasteiger partial charge in [-0.3, -0.25) is 0 Å². The second-order valence-corrected chi connectivity index (χ2v) is 4.19. The fraction of sp³-hybridized carbons (Fsp3) is 0.417. The molecule has 0 fully saturated rings. The summed E-state index contributed by atoms with van der Waals surface area (Å²) in [6.07, 6.45) is 0. The average Bonchev–Trinajstić information content (AvgIpc) is 2.36. The molecule has 0 aliphatic rings. The van der Waals surface area contributed by atoms with Crippen molar-refractivity contribution in [3.05, 3.63) is 29.3 Å². The van der Waals surface area contributed by atoms with Crippen LogP contribution in [-0.2, 0) is 4.74 Å². The van der Waals surface area contributed by atoms with Gasteiger partial charge in [0.05, 0.1) is 6.61 Å². The number of benzene rings is 1. The second-order valence-electron chi connectivity index (χ2n) is 4.19. The SMILES string of the molecule is COCC(C)N(C)c1c(F)cc(C(N)=NO)cc1F. The summed E-state index contributed by atoms with van der Waals surface area (Å²) in [4.78, 5) is 1.43. The number of ether oxygens (including phenoxy) is 1. The van der Waals surface area contributed by atoms with Crippen molar-refractivity contribution in [2.24, 2.45) is 10.9 Å². The van der Waals surface area contributed by atoms with Crippen LogP contribution in [0.25, 0.3) is 0 Å². The third-order valence-electron chi connectivity index (χ3n) is 2.84. The van der Waals surface area contributed by atoms with Gasteiger partial charge in [-0.1, -0.05) is 5.16 Å². The number of oxime groups is 1. The minimum atomic E-state index is -0.785. The normalized spacial score (nSPS) is 13.4. The lowest BCUT2D eigenvalue weighted by atomic mass is 10.1. The van der Waals surface area contributed by atoms with Crippen molar-refractivity contribution in [1.82, 2.24) is 0 Å². The Hall–Kier alpha value is -1.89. The molecule has 106 valence electrons. The molecule has 5 nitrogen and oxygen atoms in total. The second kappa shape index (κ2) is 6.33. The maximum atomic E-state index is 13.9. The van der Waals surface area contributed by atoms with Crippen molar-refractivity contribution >= 4 is 11.5 Å². The molecule has 1 rings (SSSR count).